The number of nitrogens with zero attached hydrogens (tertiary/aromatic N) is 6. The zero-order valence-corrected chi connectivity index (χ0v) is 43.2. The summed E-state index contributed by atoms with van der Waals surface area (Å²) in [7, 11) is -30.3. The number of benzene rings is 4. The quantitative estimate of drug-likeness (QED) is 0.0342. The summed E-state index contributed by atoms with van der Waals surface area (Å²) in [4.78, 5) is 19.3. The lowest BCUT2D eigenvalue weighted by atomic mass is 10.1. The third kappa shape index (κ3) is 15.7. The van der Waals surface area contributed by atoms with Gasteiger partial charge in [-0.05, 0) is 85.6 Å². The molecule has 0 aliphatic heterocycles. The van der Waals surface area contributed by atoms with Crippen molar-refractivity contribution in [3.05, 3.63) is 83.9 Å². The van der Waals surface area contributed by atoms with Crippen molar-refractivity contribution in [2.75, 3.05) is 45.0 Å². The Balaban J connectivity index is 1.34. The summed E-state index contributed by atoms with van der Waals surface area (Å²) < 4.78 is 206. The summed E-state index contributed by atoms with van der Waals surface area (Å²) in [6, 6.07) is 10.3. The summed E-state index contributed by atoms with van der Waals surface area (Å²) in [5.41, 5.74) is -2.22. The minimum atomic E-state index is -5.15. The predicted octanol–water partition coefficient (Wildman–Crippen LogP) is 2.27. The number of aliphatic hydroxyl groups excluding tert-OH is 2. The highest BCUT2D eigenvalue weighted by Crippen LogP contribution is 2.32. The van der Waals surface area contributed by atoms with Crippen LogP contribution < -0.4 is 31.9 Å². The van der Waals surface area contributed by atoms with Crippen molar-refractivity contribution in [1.82, 2.24) is 29.9 Å². The second-order valence-electron chi connectivity index (χ2n) is 15.6. The van der Waals surface area contributed by atoms with E-state index < -0.39 is 137 Å². The topological polar surface area (TPSA) is 516 Å². The molecule has 0 amide bonds. The predicted molar refractivity (Wildman–Crippen MR) is 267 cm³/mol. The lowest BCUT2D eigenvalue weighted by Crippen LogP contribution is -2.18. The molecule has 0 aliphatic rings. The fourth-order valence-corrected chi connectivity index (χ4v) is 9.91. The first-order valence-corrected chi connectivity index (χ1v) is 29.2. The molecule has 2 aromatic heterocycles. The van der Waals surface area contributed by atoms with Crippen LogP contribution in [0.15, 0.2) is 102 Å². The first-order chi connectivity index (χ1) is 35.0. The van der Waals surface area contributed by atoms with Crippen molar-refractivity contribution in [3.63, 3.8) is 0 Å². The third-order valence-corrected chi connectivity index (χ3v) is 14.8. The van der Waals surface area contributed by atoms with Crippen LogP contribution in [0.4, 0.5) is 58.4 Å². The van der Waals surface area contributed by atoms with E-state index in [0.29, 0.717) is 36.4 Å². The van der Waals surface area contributed by atoms with Crippen LogP contribution in [0.25, 0.3) is 12.2 Å². The smallest absolute Gasteiger partial charge is 0.296 e. The molecule has 408 valence electrons. The van der Waals surface area contributed by atoms with Crippen LogP contribution >= 0.6 is 0 Å². The average Bonchev–Trinajstić information content (AvgIpc) is 3.28. The van der Waals surface area contributed by atoms with Crippen LogP contribution in [0.2, 0.25) is 0 Å². The zero-order chi connectivity index (χ0) is 56.3. The zero-order valence-electron chi connectivity index (χ0n) is 38.3. The molecular formula is C38H40N12O20S6. The molecule has 0 saturated heterocycles. The van der Waals surface area contributed by atoms with Crippen LogP contribution in [0.3, 0.4) is 0 Å². The van der Waals surface area contributed by atoms with Crippen molar-refractivity contribution in [3.8, 4) is 0 Å². The van der Waals surface area contributed by atoms with Gasteiger partial charge in [0.1, 0.15) is 19.6 Å². The number of anilines is 10. The molecule has 2 heterocycles. The van der Waals surface area contributed by atoms with Crippen molar-refractivity contribution in [1.29, 1.82) is 0 Å². The molecule has 2 unspecified atom stereocenters. The van der Waals surface area contributed by atoms with Crippen LogP contribution in [0.5, 0.6) is 0 Å². The van der Waals surface area contributed by atoms with Gasteiger partial charge in [0.25, 0.3) is 60.7 Å². The molecule has 6 aromatic rings. The van der Waals surface area contributed by atoms with Crippen LogP contribution in [0.1, 0.15) is 25.0 Å². The SMILES string of the molecule is CC(O)CNc1nc(Nc2ccc(/C=C/c3ccc(Nc4nc(NCC(C)O)nc(Nc5cc(S(=O)(=O)O)ccc5S(=O)(=O)O)n4)cc3S(=O)(=O)O)c(S(=O)(=O)O)c2)nc(Nc2cc(S(=O)(=O)O)ccc2S(=O)(=O)O)n1. The van der Waals surface area contributed by atoms with Gasteiger partial charge in [0, 0.05) is 24.5 Å². The van der Waals surface area contributed by atoms with Gasteiger partial charge in [-0.25, -0.2) is 0 Å². The fourth-order valence-electron chi connectivity index (χ4n) is 6.22. The summed E-state index contributed by atoms with van der Waals surface area (Å²) in [6.07, 6.45) is 0.0762. The molecule has 0 aliphatic carbocycles. The minimum Gasteiger partial charge on any atom is -0.392 e. The Morgan fingerprint density at radius 1 is 0.395 bits per heavy atom. The van der Waals surface area contributed by atoms with E-state index in [2.05, 4.69) is 61.8 Å². The maximum Gasteiger partial charge on any atom is 0.296 e. The first-order valence-electron chi connectivity index (χ1n) is 20.6. The van der Waals surface area contributed by atoms with E-state index in [1.807, 2.05) is 0 Å². The second-order valence-corrected chi connectivity index (χ2v) is 24.0. The lowest BCUT2D eigenvalue weighted by Gasteiger charge is -2.14. The van der Waals surface area contributed by atoms with Crippen molar-refractivity contribution in [2.45, 2.75) is 55.4 Å². The van der Waals surface area contributed by atoms with E-state index in [1.54, 1.807) is 0 Å². The highest BCUT2D eigenvalue weighted by molar-refractivity contribution is 7.87. The fraction of sp³-hybridized carbons (Fsp3) is 0.158. The molecule has 14 N–H and O–H groups in total. The Hall–Kier alpha value is -7.18. The van der Waals surface area contributed by atoms with Gasteiger partial charge < -0.3 is 42.1 Å². The van der Waals surface area contributed by atoms with E-state index in [1.165, 1.54) is 26.0 Å². The second kappa shape index (κ2) is 22.2. The van der Waals surface area contributed by atoms with E-state index in [9.17, 15) is 88.0 Å². The maximum atomic E-state index is 12.8. The average molecular weight is 1180 g/mol. The third-order valence-electron chi connectivity index (χ3n) is 9.47. The minimum absolute atomic E-state index is 0.170. The molecule has 76 heavy (non-hydrogen) atoms. The van der Waals surface area contributed by atoms with Gasteiger partial charge in [-0.3, -0.25) is 27.3 Å². The first kappa shape index (κ1) is 58.1. The lowest BCUT2D eigenvalue weighted by molar-refractivity contribution is 0.207. The standard InChI is InChI=1S/C38H40N12O20S6/c1-19(51)17-39-33-45-35(49-37(47-33)43-27-15-25(71(53,54)55)9-11-29(27)73(59,60)61)41-23-7-5-21(31(13-23)75(65,66)67)3-4-22-6-8-24(14-32(22)76(68,69)70)42-36-46-34(40-18-20(2)52)48-38(50-36)44-28-16-26(72(56,57)58)10-12-30(28)74(62,63)64/h3-16,19-20,51-52H,17-18H2,1-2H3,(H,53,54,55)(H,56,57,58)(H,59,60,61)(H,62,63,64)(H,65,66,67)(H,68,69,70)(H3,39,41,43,45,47,49)(H3,40,42,44,46,48,50)/b4-3+. The summed E-state index contributed by atoms with van der Waals surface area (Å²) in [5.74, 6) is -2.66. The summed E-state index contributed by atoms with van der Waals surface area (Å²) in [6.45, 7) is 2.41. The number of aromatic nitrogens is 6. The number of aliphatic hydroxyl groups is 2. The molecule has 32 nitrogen and oxygen atoms in total. The van der Waals surface area contributed by atoms with Gasteiger partial charge in [0.2, 0.25) is 35.7 Å². The van der Waals surface area contributed by atoms with E-state index in [4.69, 9.17) is 0 Å². The van der Waals surface area contributed by atoms with E-state index >= 15 is 0 Å². The summed E-state index contributed by atoms with van der Waals surface area (Å²) >= 11 is 0. The number of rotatable bonds is 22. The Labute approximate surface area is 431 Å². The van der Waals surface area contributed by atoms with Gasteiger partial charge in [0.05, 0.1) is 33.4 Å². The number of nitrogens with one attached hydrogen (secondary N) is 6. The van der Waals surface area contributed by atoms with Gasteiger partial charge in [0.15, 0.2) is 0 Å². The van der Waals surface area contributed by atoms with Gasteiger partial charge in [-0.2, -0.15) is 80.4 Å². The largest absolute Gasteiger partial charge is 0.392 e. The molecule has 0 bridgehead atoms. The number of hydrogen-bond acceptors (Lipinski definition) is 26. The Kier molecular flexibility index (Phi) is 17.0. The highest BCUT2D eigenvalue weighted by atomic mass is 32.2. The molecule has 0 fully saturated rings. The number of hydrogen-bond donors (Lipinski definition) is 14. The van der Waals surface area contributed by atoms with Gasteiger partial charge in [-0.1, -0.05) is 24.3 Å². The van der Waals surface area contributed by atoms with E-state index in [-0.39, 0.29) is 47.5 Å². The highest BCUT2D eigenvalue weighted by Gasteiger charge is 2.25. The molecule has 38 heteroatoms. The van der Waals surface area contributed by atoms with Crippen LogP contribution in [-0.4, -0.2) is 143 Å². The molecule has 4 aromatic carbocycles. The van der Waals surface area contributed by atoms with Crippen LogP contribution in [0, 0.1) is 0 Å². The van der Waals surface area contributed by atoms with Crippen molar-refractivity contribution in [2.24, 2.45) is 0 Å². The van der Waals surface area contributed by atoms with Gasteiger partial charge >= 0.3 is 0 Å². The molecule has 0 radical (unpaired) electrons. The monoisotopic (exact) mass is 1180 g/mol. The van der Waals surface area contributed by atoms with Crippen LogP contribution in [-0.2, 0) is 60.7 Å². The molecular weight excluding hydrogens is 1140 g/mol. The Morgan fingerprint density at radius 3 is 0.987 bits per heavy atom. The van der Waals surface area contributed by atoms with E-state index in [0.717, 1.165) is 36.4 Å². The molecule has 0 saturated carbocycles. The molecule has 6 rings (SSSR count). The maximum absolute atomic E-state index is 12.8. The molecule has 2 atom stereocenters. The Bertz CT molecular complexity index is 3730. The van der Waals surface area contributed by atoms with Crippen molar-refractivity contribution < 1.29 is 88.0 Å². The summed E-state index contributed by atoms with van der Waals surface area (Å²) in [5, 5.41) is 35.0. The van der Waals surface area contributed by atoms with Crippen molar-refractivity contribution >= 4 is 131 Å². The molecule has 0 spiro atoms. The Morgan fingerprint density at radius 2 is 0.697 bits per heavy atom. The normalized spacial score (nSPS) is 13.4. The van der Waals surface area contributed by atoms with Gasteiger partial charge in [-0.15, -0.1) is 0 Å².